The van der Waals surface area contributed by atoms with Gasteiger partial charge in [-0.05, 0) is 23.8 Å². The molecule has 0 saturated carbocycles. The van der Waals surface area contributed by atoms with Crippen molar-refractivity contribution in [2.75, 3.05) is 40.0 Å². The molecule has 32 heavy (non-hydrogen) atoms. The van der Waals surface area contributed by atoms with Crippen molar-refractivity contribution in [3.8, 4) is 11.1 Å². The molecule has 0 atom stereocenters. The van der Waals surface area contributed by atoms with E-state index in [0.29, 0.717) is 28.8 Å². The van der Waals surface area contributed by atoms with Crippen LogP contribution in [-0.4, -0.2) is 64.0 Å². The summed E-state index contributed by atoms with van der Waals surface area (Å²) in [5.74, 6) is -0.311. The minimum absolute atomic E-state index is 0.0997. The van der Waals surface area contributed by atoms with E-state index < -0.39 is 0 Å². The molecule has 1 aliphatic rings. The number of hydrogen-bond acceptors (Lipinski definition) is 6. The number of morpholine rings is 1. The third-order valence-corrected chi connectivity index (χ3v) is 5.83. The highest BCUT2D eigenvalue weighted by Crippen LogP contribution is 2.29. The second kappa shape index (κ2) is 8.78. The Balaban J connectivity index is 1.57. The van der Waals surface area contributed by atoms with Crippen molar-refractivity contribution in [3.63, 3.8) is 0 Å². The van der Waals surface area contributed by atoms with Gasteiger partial charge in [0, 0.05) is 45.7 Å². The molecule has 9 heteroatoms. The Morgan fingerprint density at radius 2 is 1.91 bits per heavy atom. The maximum absolute atomic E-state index is 13.5. The van der Waals surface area contributed by atoms with Gasteiger partial charge in [-0.1, -0.05) is 12.1 Å². The number of benzene rings is 1. The van der Waals surface area contributed by atoms with Crippen LogP contribution in [0.1, 0.15) is 5.69 Å². The van der Waals surface area contributed by atoms with Crippen molar-refractivity contribution < 1.29 is 13.9 Å². The Morgan fingerprint density at radius 1 is 1.12 bits per heavy atom. The quantitative estimate of drug-likeness (QED) is 0.461. The van der Waals surface area contributed by atoms with Gasteiger partial charge in [0.1, 0.15) is 5.82 Å². The molecule has 0 amide bonds. The van der Waals surface area contributed by atoms with Crippen LogP contribution < -0.4 is 5.56 Å². The molecule has 8 nitrogen and oxygen atoms in total. The molecule has 0 unspecified atom stereocenters. The Hall–Kier alpha value is -3.14. The van der Waals surface area contributed by atoms with Gasteiger partial charge >= 0.3 is 0 Å². The first-order valence-electron chi connectivity index (χ1n) is 10.6. The number of pyridine rings is 1. The maximum atomic E-state index is 13.5. The molecule has 1 aliphatic heterocycles. The lowest BCUT2D eigenvalue weighted by Gasteiger charge is -2.26. The molecule has 1 aromatic carbocycles. The number of aromatic nitrogens is 4. The van der Waals surface area contributed by atoms with Gasteiger partial charge in [0.25, 0.3) is 5.56 Å². The van der Waals surface area contributed by atoms with Crippen LogP contribution >= 0.6 is 0 Å². The lowest BCUT2D eigenvalue weighted by molar-refractivity contribution is 0.0363. The van der Waals surface area contributed by atoms with Gasteiger partial charge < -0.3 is 14.0 Å². The molecule has 4 aromatic rings. The highest BCUT2D eigenvalue weighted by Gasteiger charge is 2.19. The molecule has 0 N–H and O–H groups in total. The smallest absolute Gasteiger partial charge is 0.261 e. The van der Waals surface area contributed by atoms with Crippen LogP contribution in [-0.2, 0) is 22.6 Å². The zero-order valence-electron chi connectivity index (χ0n) is 17.8. The van der Waals surface area contributed by atoms with Crippen molar-refractivity contribution in [1.29, 1.82) is 0 Å². The monoisotopic (exact) mass is 437 g/mol. The molecule has 0 radical (unpaired) electrons. The van der Waals surface area contributed by atoms with Crippen molar-refractivity contribution in [1.82, 2.24) is 24.1 Å². The van der Waals surface area contributed by atoms with E-state index in [0.717, 1.165) is 44.0 Å². The Kier molecular flexibility index (Phi) is 5.69. The molecule has 1 fully saturated rings. The van der Waals surface area contributed by atoms with Crippen molar-refractivity contribution in [2.45, 2.75) is 13.2 Å². The minimum atomic E-state index is -0.311. The Labute approximate surface area is 183 Å². The summed E-state index contributed by atoms with van der Waals surface area (Å²) in [7, 11) is 1.59. The maximum Gasteiger partial charge on any atom is 0.261 e. The lowest BCUT2D eigenvalue weighted by Crippen LogP contribution is -2.39. The Morgan fingerprint density at radius 3 is 2.66 bits per heavy atom. The minimum Gasteiger partial charge on any atom is -0.379 e. The first kappa shape index (κ1) is 20.7. The van der Waals surface area contributed by atoms with Crippen LogP contribution in [0.25, 0.3) is 27.7 Å². The normalized spacial score (nSPS) is 15.1. The topological polar surface area (TPSA) is 73.9 Å². The first-order chi connectivity index (χ1) is 15.7. The van der Waals surface area contributed by atoms with Crippen LogP contribution in [0.15, 0.2) is 47.5 Å². The number of halogens is 1. The fourth-order valence-electron chi connectivity index (χ4n) is 4.15. The summed E-state index contributed by atoms with van der Waals surface area (Å²) in [4.78, 5) is 20.0. The number of rotatable bonds is 6. The van der Waals surface area contributed by atoms with Gasteiger partial charge in [0.2, 0.25) is 0 Å². The van der Waals surface area contributed by atoms with Crippen LogP contribution in [0.2, 0.25) is 0 Å². The molecule has 4 heterocycles. The second-order valence-electron chi connectivity index (χ2n) is 7.82. The summed E-state index contributed by atoms with van der Waals surface area (Å²) in [6, 6.07) is 8.10. The van der Waals surface area contributed by atoms with Crippen molar-refractivity contribution >= 4 is 16.6 Å². The fourth-order valence-corrected chi connectivity index (χ4v) is 4.15. The molecule has 0 spiro atoms. The van der Waals surface area contributed by atoms with Crippen molar-refractivity contribution in [2.24, 2.45) is 0 Å². The van der Waals surface area contributed by atoms with Crippen LogP contribution in [0.3, 0.4) is 0 Å². The summed E-state index contributed by atoms with van der Waals surface area (Å²) < 4.78 is 27.6. The number of nitrogens with zero attached hydrogens (tertiary/aromatic N) is 5. The zero-order valence-corrected chi connectivity index (χ0v) is 17.8. The van der Waals surface area contributed by atoms with E-state index in [1.165, 1.54) is 12.1 Å². The molecular formula is C23H24FN5O3. The van der Waals surface area contributed by atoms with E-state index >= 15 is 0 Å². The van der Waals surface area contributed by atoms with E-state index in [9.17, 15) is 9.18 Å². The van der Waals surface area contributed by atoms with Gasteiger partial charge in [-0.2, -0.15) is 5.10 Å². The second-order valence-corrected chi connectivity index (χ2v) is 7.82. The van der Waals surface area contributed by atoms with E-state index in [2.05, 4.69) is 15.0 Å². The van der Waals surface area contributed by atoms with Crippen LogP contribution in [0.4, 0.5) is 4.39 Å². The third kappa shape index (κ3) is 3.79. The van der Waals surface area contributed by atoms with Crippen LogP contribution in [0, 0.1) is 5.82 Å². The van der Waals surface area contributed by atoms with Gasteiger partial charge in [-0.15, -0.1) is 0 Å². The first-order valence-corrected chi connectivity index (χ1v) is 10.6. The summed E-state index contributed by atoms with van der Waals surface area (Å²) in [5.41, 5.74) is 3.41. The molecule has 3 aromatic heterocycles. The summed E-state index contributed by atoms with van der Waals surface area (Å²) >= 11 is 0. The summed E-state index contributed by atoms with van der Waals surface area (Å²) in [5, 5.41) is 5.18. The Bertz CT molecular complexity index is 1310. The highest BCUT2D eigenvalue weighted by atomic mass is 19.1. The summed E-state index contributed by atoms with van der Waals surface area (Å²) in [6.07, 6.45) is 3.41. The van der Waals surface area contributed by atoms with E-state index in [1.807, 2.05) is 6.07 Å². The lowest BCUT2D eigenvalue weighted by atomic mass is 10.1. The summed E-state index contributed by atoms with van der Waals surface area (Å²) in [6.45, 7) is 4.88. The number of methoxy groups -OCH3 is 1. The van der Waals surface area contributed by atoms with E-state index in [-0.39, 0.29) is 18.0 Å². The van der Waals surface area contributed by atoms with E-state index in [4.69, 9.17) is 9.47 Å². The zero-order chi connectivity index (χ0) is 22.1. The van der Waals surface area contributed by atoms with Gasteiger partial charge in [-0.3, -0.25) is 9.69 Å². The van der Waals surface area contributed by atoms with Crippen LogP contribution in [0.5, 0.6) is 0 Å². The number of fused-ring (bicyclic) bond motifs is 3. The molecule has 0 aliphatic carbocycles. The highest BCUT2D eigenvalue weighted by molar-refractivity contribution is 5.86. The fraction of sp³-hybridized carbons (Fsp3) is 0.348. The average Bonchev–Trinajstić information content (AvgIpc) is 3.18. The van der Waals surface area contributed by atoms with Crippen molar-refractivity contribution in [3.05, 3.63) is 64.6 Å². The standard InChI is InChI=1S/C23H24FN5O3/c1-31-15-19-21(16-2-4-17(24)5-3-16)22-25-14-18-20(29(22)26-19)6-7-28(23(18)30)9-8-27-10-12-32-13-11-27/h2-7,14H,8-13,15H2,1H3. The number of ether oxygens (including phenoxy) is 2. The third-order valence-electron chi connectivity index (χ3n) is 5.83. The SMILES string of the molecule is COCc1nn2c(ncc3c(=O)n(CCN4CCOCC4)ccc32)c1-c1ccc(F)cc1. The molecule has 0 bridgehead atoms. The predicted octanol–water partition coefficient (Wildman–Crippen LogP) is 2.33. The van der Waals surface area contributed by atoms with Gasteiger partial charge in [-0.25, -0.2) is 13.9 Å². The molecule has 1 saturated heterocycles. The molecular weight excluding hydrogens is 413 g/mol. The molecule has 166 valence electrons. The van der Waals surface area contributed by atoms with Gasteiger partial charge in [0.15, 0.2) is 5.65 Å². The van der Waals surface area contributed by atoms with Gasteiger partial charge in [0.05, 0.1) is 42.0 Å². The van der Waals surface area contributed by atoms with E-state index in [1.54, 1.807) is 40.7 Å². The number of hydrogen-bond donors (Lipinski definition) is 0. The largest absolute Gasteiger partial charge is 0.379 e. The average molecular weight is 437 g/mol. The predicted molar refractivity (Wildman–Crippen MR) is 118 cm³/mol. The molecule has 5 rings (SSSR count).